The monoisotopic (exact) mass is 227 g/mol. The zero-order valence-electron chi connectivity index (χ0n) is 11.0. The molecule has 0 saturated heterocycles. The fourth-order valence-corrected chi connectivity index (χ4v) is 1.94. The van der Waals surface area contributed by atoms with Crippen LogP contribution in [-0.4, -0.2) is 7.05 Å². The van der Waals surface area contributed by atoms with Gasteiger partial charge in [-0.05, 0) is 37.1 Å². The minimum atomic E-state index is 0.885. The van der Waals surface area contributed by atoms with Crippen LogP contribution >= 0.6 is 0 Å². The van der Waals surface area contributed by atoms with Crippen molar-refractivity contribution < 1.29 is 0 Å². The second-order valence-electron chi connectivity index (χ2n) is 4.17. The lowest BCUT2D eigenvalue weighted by Gasteiger charge is -2.06. The highest BCUT2D eigenvalue weighted by atomic mass is 14.8. The van der Waals surface area contributed by atoms with E-state index >= 15 is 0 Å². The first-order valence-electron chi connectivity index (χ1n) is 5.87. The molecule has 1 aromatic rings. The first-order chi connectivity index (χ1) is 8.12. The zero-order valence-corrected chi connectivity index (χ0v) is 11.0. The van der Waals surface area contributed by atoms with E-state index in [0.717, 1.165) is 17.7 Å². The molecule has 17 heavy (non-hydrogen) atoms. The van der Waals surface area contributed by atoms with Crippen molar-refractivity contribution in [2.24, 2.45) is 0 Å². The van der Waals surface area contributed by atoms with Gasteiger partial charge in [-0.1, -0.05) is 36.4 Å². The molecule has 0 heterocycles. The lowest BCUT2D eigenvalue weighted by molar-refractivity contribution is 1.25. The van der Waals surface area contributed by atoms with Crippen molar-refractivity contribution in [3.05, 3.63) is 52.9 Å². The molecule has 1 aromatic carbocycles. The minimum Gasteiger partial charge on any atom is -0.388 e. The number of nitrogens with one attached hydrogen (secondary N) is 1. The van der Waals surface area contributed by atoms with Gasteiger partial charge >= 0.3 is 0 Å². The Morgan fingerprint density at radius 1 is 1.41 bits per heavy atom. The van der Waals surface area contributed by atoms with Gasteiger partial charge in [-0.15, -0.1) is 6.58 Å². The summed E-state index contributed by atoms with van der Waals surface area (Å²) >= 11 is 0. The van der Waals surface area contributed by atoms with Crippen molar-refractivity contribution in [3.63, 3.8) is 0 Å². The summed E-state index contributed by atoms with van der Waals surface area (Å²) in [5.41, 5.74) is 3.48. The number of rotatable bonds is 4. The fraction of sp³-hybridized carbons (Fsp3) is 0.250. The molecule has 0 fully saturated rings. The maximum absolute atomic E-state index is 3.95. The molecule has 1 nitrogen and oxygen atoms in total. The summed E-state index contributed by atoms with van der Waals surface area (Å²) < 4.78 is 0. The van der Waals surface area contributed by atoms with Gasteiger partial charge in [-0.25, -0.2) is 0 Å². The molecule has 0 spiro atoms. The molecular weight excluding hydrogens is 206 g/mol. The van der Waals surface area contributed by atoms with Gasteiger partial charge in [-0.3, -0.25) is 0 Å². The van der Waals surface area contributed by atoms with Crippen molar-refractivity contribution in [2.75, 3.05) is 12.4 Å². The summed E-state index contributed by atoms with van der Waals surface area (Å²) in [5, 5.41) is 5.68. The van der Waals surface area contributed by atoms with Crippen molar-refractivity contribution >= 4 is 17.8 Å². The Kier molecular flexibility index (Phi) is 4.77. The Morgan fingerprint density at radius 3 is 2.59 bits per heavy atom. The van der Waals surface area contributed by atoms with E-state index in [-0.39, 0.29) is 0 Å². The van der Waals surface area contributed by atoms with Gasteiger partial charge < -0.3 is 5.32 Å². The summed E-state index contributed by atoms with van der Waals surface area (Å²) in [6.07, 6.45) is 7.05. The molecule has 0 aliphatic heterocycles. The fourth-order valence-electron chi connectivity index (χ4n) is 1.94. The van der Waals surface area contributed by atoms with E-state index in [4.69, 9.17) is 0 Å². The highest BCUT2D eigenvalue weighted by molar-refractivity contribution is 5.55. The Morgan fingerprint density at radius 2 is 2.12 bits per heavy atom. The molecule has 0 aliphatic rings. The largest absolute Gasteiger partial charge is 0.388 e. The molecular formula is C16H21N. The van der Waals surface area contributed by atoms with Crippen molar-refractivity contribution in [3.8, 4) is 0 Å². The third-order valence-electron chi connectivity index (χ3n) is 2.61. The molecule has 0 aliphatic carbocycles. The van der Waals surface area contributed by atoms with Gasteiger partial charge in [0.2, 0.25) is 0 Å². The predicted octanol–water partition coefficient (Wildman–Crippen LogP) is 2.61. The predicted molar refractivity (Wildman–Crippen MR) is 78.6 cm³/mol. The van der Waals surface area contributed by atoms with Crippen molar-refractivity contribution in [2.45, 2.75) is 20.3 Å². The molecule has 1 heteroatoms. The molecule has 0 bridgehead atoms. The van der Waals surface area contributed by atoms with Crippen LogP contribution in [0.25, 0.3) is 12.2 Å². The maximum Gasteiger partial charge on any atom is 0.0416 e. The smallest absolute Gasteiger partial charge is 0.0416 e. The van der Waals surface area contributed by atoms with Crippen LogP contribution in [0.2, 0.25) is 0 Å². The minimum absolute atomic E-state index is 0.885. The van der Waals surface area contributed by atoms with Gasteiger partial charge in [0.25, 0.3) is 0 Å². The van der Waals surface area contributed by atoms with E-state index in [1.165, 1.54) is 16.0 Å². The van der Waals surface area contributed by atoms with Crippen LogP contribution < -0.4 is 15.8 Å². The van der Waals surface area contributed by atoms with Crippen molar-refractivity contribution in [1.29, 1.82) is 0 Å². The second kappa shape index (κ2) is 6.09. The van der Waals surface area contributed by atoms with Gasteiger partial charge in [-0.2, -0.15) is 0 Å². The van der Waals surface area contributed by atoms with E-state index in [2.05, 4.69) is 49.7 Å². The normalized spacial score (nSPS) is 12.6. The topological polar surface area (TPSA) is 12.0 Å². The maximum atomic E-state index is 3.95. The lowest BCUT2D eigenvalue weighted by Crippen LogP contribution is -2.28. The molecule has 0 amide bonds. The highest BCUT2D eigenvalue weighted by Gasteiger charge is 1.98. The van der Waals surface area contributed by atoms with Gasteiger partial charge in [0.05, 0.1) is 0 Å². The Balaban J connectivity index is 3.60. The summed E-state index contributed by atoms with van der Waals surface area (Å²) in [6.45, 7) is 11.8. The SMILES string of the molecule is C=CCc1cc(NC)c(=C/C)/c(=C\C(=C)C)c1. The lowest BCUT2D eigenvalue weighted by atomic mass is 10.1. The first kappa shape index (κ1) is 13.3. The van der Waals surface area contributed by atoms with Crippen LogP contribution in [-0.2, 0) is 6.42 Å². The van der Waals surface area contributed by atoms with Crippen LogP contribution in [0.5, 0.6) is 0 Å². The van der Waals surface area contributed by atoms with E-state index < -0.39 is 0 Å². The van der Waals surface area contributed by atoms with Crippen LogP contribution in [0.1, 0.15) is 19.4 Å². The number of benzene rings is 1. The summed E-state index contributed by atoms with van der Waals surface area (Å²) in [4.78, 5) is 0. The van der Waals surface area contributed by atoms with Gasteiger partial charge in [0.1, 0.15) is 0 Å². The Labute approximate surface area is 104 Å². The first-order valence-corrected chi connectivity index (χ1v) is 5.87. The molecule has 0 radical (unpaired) electrons. The van der Waals surface area contributed by atoms with Crippen molar-refractivity contribution in [1.82, 2.24) is 0 Å². The van der Waals surface area contributed by atoms with Gasteiger partial charge in [0, 0.05) is 18.0 Å². The molecule has 1 N–H and O–H groups in total. The number of hydrogen-bond acceptors (Lipinski definition) is 1. The number of allylic oxidation sites excluding steroid dienone is 2. The third kappa shape index (κ3) is 3.35. The quantitative estimate of drug-likeness (QED) is 0.780. The Bertz CT molecular complexity index is 535. The van der Waals surface area contributed by atoms with Crippen LogP contribution in [0.15, 0.2) is 36.9 Å². The highest BCUT2D eigenvalue weighted by Crippen LogP contribution is 2.04. The number of hydrogen-bond donors (Lipinski definition) is 1. The number of anilines is 1. The average Bonchev–Trinajstić information content (AvgIpc) is 2.28. The van der Waals surface area contributed by atoms with E-state index in [9.17, 15) is 0 Å². The van der Waals surface area contributed by atoms with E-state index in [1.54, 1.807) is 0 Å². The molecule has 0 saturated carbocycles. The van der Waals surface area contributed by atoms with E-state index in [1.807, 2.05) is 20.0 Å². The van der Waals surface area contributed by atoms with Crippen LogP contribution in [0.4, 0.5) is 5.69 Å². The molecule has 0 unspecified atom stereocenters. The molecule has 0 atom stereocenters. The Hall–Kier alpha value is -1.76. The van der Waals surface area contributed by atoms with Crippen LogP contribution in [0, 0.1) is 0 Å². The molecule has 0 aromatic heterocycles. The van der Waals surface area contributed by atoms with E-state index in [0.29, 0.717) is 0 Å². The standard InChI is InChI=1S/C16H21N/c1-6-8-13-10-14(9-12(3)4)15(7-2)16(11-13)17-5/h6-7,9-11,17H,1,3,8H2,2,4-5H3/b14-9-,15-7+. The zero-order chi connectivity index (χ0) is 12.8. The summed E-state index contributed by atoms with van der Waals surface area (Å²) in [7, 11) is 1.95. The van der Waals surface area contributed by atoms with Gasteiger partial charge in [0.15, 0.2) is 0 Å². The average molecular weight is 227 g/mol. The summed E-state index contributed by atoms with van der Waals surface area (Å²) in [5.74, 6) is 0. The molecule has 90 valence electrons. The second-order valence-corrected chi connectivity index (χ2v) is 4.17. The summed E-state index contributed by atoms with van der Waals surface area (Å²) in [6, 6.07) is 4.37. The third-order valence-corrected chi connectivity index (χ3v) is 2.61. The molecule has 1 rings (SSSR count). The van der Waals surface area contributed by atoms with Crippen LogP contribution in [0.3, 0.4) is 0 Å².